The van der Waals surface area contributed by atoms with Crippen molar-refractivity contribution >= 4 is 27.3 Å². The monoisotopic (exact) mass is 282 g/mol. The summed E-state index contributed by atoms with van der Waals surface area (Å²) in [5.74, 6) is -0.0319. The number of pyridine rings is 1. The van der Waals surface area contributed by atoms with Crippen molar-refractivity contribution in [3.8, 4) is 0 Å². The van der Waals surface area contributed by atoms with Crippen molar-refractivity contribution in [1.82, 2.24) is 10.3 Å². The largest absolute Gasteiger partial charge is 0.345 e. The van der Waals surface area contributed by atoms with Crippen molar-refractivity contribution in [3.05, 3.63) is 65.3 Å². The molecule has 1 aromatic carbocycles. The van der Waals surface area contributed by atoms with Crippen LogP contribution in [0.4, 0.5) is 0 Å². The van der Waals surface area contributed by atoms with E-state index >= 15 is 0 Å². The highest BCUT2D eigenvalue weighted by molar-refractivity contribution is 7.20. The third-order valence-electron chi connectivity index (χ3n) is 3.20. The van der Waals surface area contributed by atoms with Crippen LogP contribution in [0.15, 0.2) is 54.9 Å². The minimum atomic E-state index is -0.0319. The fourth-order valence-electron chi connectivity index (χ4n) is 2.10. The molecule has 100 valence electrons. The molecule has 1 unspecified atom stereocenters. The molecule has 4 heteroatoms. The first kappa shape index (κ1) is 12.8. The van der Waals surface area contributed by atoms with Crippen LogP contribution in [-0.4, -0.2) is 10.9 Å². The molecular weight excluding hydrogens is 268 g/mol. The number of nitrogens with one attached hydrogen (secondary N) is 1. The number of rotatable bonds is 3. The van der Waals surface area contributed by atoms with Gasteiger partial charge in [0.25, 0.3) is 5.91 Å². The van der Waals surface area contributed by atoms with E-state index < -0.39 is 0 Å². The van der Waals surface area contributed by atoms with E-state index in [9.17, 15) is 4.79 Å². The van der Waals surface area contributed by atoms with E-state index in [4.69, 9.17) is 0 Å². The van der Waals surface area contributed by atoms with Crippen molar-refractivity contribution < 1.29 is 4.79 Å². The van der Waals surface area contributed by atoms with Crippen LogP contribution in [0.1, 0.15) is 28.2 Å². The summed E-state index contributed by atoms with van der Waals surface area (Å²) in [5.41, 5.74) is 1.05. The quantitative estimate of drug-likeness (QED) is 0.794. The number of carbonyl (C=O) groups excluding carboxylic acids is 1. The van der Waals surface area contributed by atoms with Crippen LogP contribution in [0.5, 0.6) is 0 Å². The minimum absolute atomic E-state index is 0.0317. The number of thiophene rings is 1. The van der Waals surface area contributed by atoms with Crippen LogP contribution >= 0.6 is 11.3 Å². The van der Waals surface area contributed by atoms with Crippen LogP contribution in [0.25, 0.3) is 10.1 Å². The molecule has 0 aliphatic carbocycles. The fourth-order valence-corrected chi connectivity index (χ4v) is 3.06. The minimum Gasteiger partial charge on any atom is -0.345 e. The second-order valence-electron chi connectivity index (χ2n) is 4.62. The van der Waals surface area contributed by atoms with Crippen LogP contribution < -0.4 is 5.32 Å². The topological polar surface area (TPSA) is 42.0 Å². The number of hydrogen-bond donors (Lipinski definition) is 1. The van der Waals surface area contributed by atoms with E-state index in [-0.39, 0.29) is 11.9 Å². The molecule has 2 aromatic heterocycles. The van der Waals surface area contributed by atoms with Gasteiger partial charge in [-0.1, -0.05) is 18.2 Å². The molecule has 0 aliphatic rings. The molecule has 20 heavy (non-hydrogen) atoms. The zero-order valence-corrected chi connectivity index (χ0v) is 11.9. The first-order valence-electron chi connectivity index (χ1n) is 6.43. The Bertz CT molecular complexity index is 703. The molecule has 0 bridgehead atoms. The maximum atomic E-state index is 12.3. The summed E-state index contributed by atoms with van der Waals surface area (Å²) in [4.78, 5) is 17.0. The first-order valence-corrected chi connectivity index (χ1v) is 7.25. The summed E-state index contributed by atoms with van der Waals surface area (Å²) >= 11 is 1.52. The number of amides is 1. The summed E-state index contributed by atoms with van der Waals surface area (Å²) in [6.07, 6.45) is 3.47. The van der Waals surface area contributed by atoms with E-state index in [2.05, 4.69) is 10.3 Å². The molecule has 2 heterocycles. The number of nitrogens with zero attached hydrogens (tertiary/aromatic N) is 1. The average molecular weight is 282 g/mol. The Balaban J connectivity index is 1.79. The highest BCUT2D eigenvalue weighted by Gasteiger charge is 2.13. The van der Waals surface area contributed by atoms with E-state index in [1.165, 1.54) is 11.3 Å². The second-order valence-corrected chi connectivity index (χ2v) is 5.71. The van der Waals surface area contributed by atoms with E-state index in [1.807, 2.05) is 49.4 Å². The van der Waals surface area contributed by atoms with E-state index in [0.717, 1.165) is 20.5 Å². The maximum Gasteiger partial charge on any atom is 0.261 e. The molecule has 0 saturated carbocycles. The summed E-state index contributed by atoms with van der Waals surface area (Å²) in [6.45, 7) is 1.97. The number of carbonyl (C=O) groups is 1. The van der Waals surface area contributed by atoms with Gasteiger partial charge in [0.2, 0.25) is 0 Å². The van der Waals surface area contributed by atoms with Crippen LogP contribution in [0.2, 0.25) is 0 Å². The summed E-state index contributed by atoms with van der Waals surface area (Å²) in [7, 11) is 0. The lowest BCUT2D eigenvalue weighted by Gasteiger charge is -2.13. The molecule has 0 aliphatic heterocycles. The van der Waals surface area contributed by atoms with E-state index in [1.54, 1.807) is 12.4 Å². The standard InChI is InChI=1S/C16H14N2OS/c1-11(12-6-8-17-9-7-12)18-16(19)15-10-13-4-2-3-5-14(13)20-15/h2-11H,1H3,(H,18,19). The van der Waals surface area contributed by atoms with Crippen molar-refractivity contribution in [1.29, 1.82) is 0 Å². The zero-order chi connectivity index (χ0) is 13.9. The van der Waals surface area contributed by atoms with Gasteiger partial charge in [-0.15, -0.1) is 11.3 Å². The fraction of sp³-hybridized carbons (Fsp3) is 0.125. The molecule has 0 radical (unpaired) electrons. The number of benzene rings is 1. The number of fused-ring (bicyclic) bond motifs is 1. The second kappa shape index (κ2) is 5.43. The lowest BCUT2D eigenvalue weighted by molar-refractivity contribution is 0.0944. The van der Waals surface area contributed by atoms with Crippen molar-refractivity contribution in [2.75, 3.05) is 0 Å². The van der Waals surface area contributed by atoms with Gasteiger partial charge in [0.05, 0.1) is 10.9 Å². The van der Waals surface area contributed by atoms with E-state index in [0.29, 0.717) is 0 Å². The van der Waals surface area contributed by atoms with Gasteiger partial charge < -0.3 is 5.32 Å². The molecule has 1 N–H and O–H groups in total. The Hall–Kier alpha value is -2.20. The lowest BCUT2D eigenvalue weighted by atomic mass is 10.1. The third kappa shape index (κ3) is 2.56. The predicted molar refractivity (Wildman–Crippen MR) is 81.9 cm³/mol. The van der Waals surface area contributed by atoms with Crippen molar-refractivity contribution in [3.63, 3.8) is 0 Å². The van der Waals surface area contributed by atoms with Crippen LogP contribution in [0.3, 0.4) is 0 Å². The Morgan fingerprint density at radius 2 is 1.95 bits per heavy atom. The summed E-state index contributed by atoms with van der Waals surface area (Å²) in [5, 5.41) is 4.13. The number of aromatic nitrogens is 1. The highest BCUT2D eigenvalue weighted by Crippen LogP contribution is 2.25. The maximum absolute atomic E-state index is 12.3. The summed E-state index contributed by atoms with van der Waals surface area (Å²) < 4.78 is 1.13. The van der Waals surface area contributed by atoms with Gasteiger partial charge in [-0.3, -0.25) is 9.78 Å². The molecule has 1 amide bonds. The Morgan fingerprint density at radius 3 is 2.70 bits per heavy atom. The molecule has 1 atom stereocenters. The SMILES string of the molecule is CC(NC(=O)c1cc2ccccc2s1)c1ccncc1. The molecular formula is C16H14N2OS. The Kier molecular flexibility index (Phi) is 3.48. The Labute approximate surface area is 121 Å². The van der Waals surface area contributed by atoms with Crippen molar-refractivity contribution in [2.45, 2.75) is 13.0 Å². The molecule has 0 saturated heterocycles. The third-order valence-corrected chi connectivity index (χ3v) is 4.32. The first-order chi connectivity index (χ1) is 9.74. The van der Waals surface area contributed by atoms with Gasteiger partial charge in [-0.25, -0.2) is 0 Å². The van der Waals surface area contributed by atoms with Crippen LogP contribution in [-0.2, 0) is 0 Å². The lowest BCUT2D eigenvalue weighted by Crippen LogP contribution is -2.25. The molecule has 0 spiro atoms. The summed E-state index contributed by atoms with van der Waals surface area (Å²) in [6, 6.07) is 13.8. The van der Waals surface area contributed by atoms with Gasteiger partial charge in [0, 0.05) is 17.1 Å². The van der Waals surface area contributed by atoms with Gasteiger partial charge >= 0.3 is 0 Å². The van der Waals surface area contributed by atoms with Gasteiger partial charge in [0.15, 0.2) is 0 Å². The van der Waals surface area contributed by atoms with Crippen LogP contribution in [0, 0.1) is 0 Å². The molecule has 3 rings (SSSR count). The average Bonchev–Trinajstić information content (AvgIpc) is 2.92. The molecule has 0 fully saturated rings. The van der Waals surface area contributed by atoms with Gasteiger partial charge in [-0.2, -0.15) is 0 Å². The van der Waals surface area contributed by atoms with Gasteiger partial charge in [0.1, 0.15) is 0 Å². The highest BCUT2D eigenvalue weighted by atomic mass is 32.1. The Morgan fingerprint density at radius 1 is 1.20 bits per heavy atom. The predicted octanol–water partition coefficient (Wildman–Crippen LogP) is 3.79. The normalized spacial score (nSPS) is 12.2. The molecule has 3 nitrogen and oxygen atoms in total. The zero-order valence-electron chi connectivity index (χ0n) is 11.0. The van der Waals surface area contributed by atoms with Crippen molar-refractivity contribution in [2.24, 2.45) is 0 Å². The number of hydrogen-bond acceptors (Lipinski definition) is 3. The smallest absolute Gasteiger partial charge is 0.261 e. The molecule has 3 aromatic rings. The van der Waals surface area contributed by atoms with Gasteiger partial charge in [-0.05, 0) is 42.1 Å².